The number of carbonyl (C=O) groups is 2. The highest BCUT2D eigenvalue weighted by Gasteiger charge is 2.27. The lowest BCUT2D eigenvalue weighted by Gasteiger charge is -2.29. The van der Waals surface area contributed by atoms with Gasteiger partial charge >= 0.3 is 6.03 Å². The predicted molar refractivity (Wildman–Crippen MR) is 139 cm³/mol. The number of rotatable bonds is 10. The Hall–Kier alpha value is -3.98. The molecule has 3 amide bonds. The van der Waals surface area contributed by atoms with Gasteiger partial charge in [-0.2, -0.15) is 0 Å². The maximum Gasteiger partial charge on any atom is 0.318 e. The Morgan fingerprint density at radius 1 is 0.947 bits per heavy atom. The zero-order valence-corrected chi connectivity index (χ0v) is 21.6. The van der Waals surface area contributed by atoms with Gasteiger partial charge in [0.15, 0.2) is 11.5 Å². The summed E-state index contributed by atoms with van der Waals surface area (Å²) in [4.78, 5) is 30.2. The molecule has 1 unspecified atom stereocenters. The second-order valence-electron chi connectivity index (χ2n) is 9.61. The van der Waals surface area contributed by atoms with Crippen LogP contribution in [0, 0.1) is 6.92 Å². The molecule has 200 valence electrons. The Labute approximate surface area is 222 Å². The van der Waals surface area contributed by atoms with Gasteiger partial charge in [0.1, 0.15) is 18.1 Å². The first-order valence-corrected chi connectivity index (χ1v) is 12.9. The molecule has 0 bridgehead atoms. The van der Waals surface area contributed by atoms with E-state index >= 15 is 0 Å². The van der Waals surface area contributed by atoms with E-state index in [1.165, 1.54) is 0 Å². The largest absolute Gasteiger partial charge is 0.464 e. The molecule has 9 heteroatoms. The van der Waals surface area contributed by atoms with Crippen molar-refractivity contribution in [3.05, 3.63) is 83.3 Å². The van der Waals surface area contributed by atoms with E-state index in [0.29, 0.717) is 43.5 Å². The van der Waals surface area contributed by atoms with E-state index in [-0.39, 0.29) is 37.9 Å². The molecule has 1 N–H and O–H groups in total. The first-order valence-electron chi connectivity index (χ1n) is 12.9. The average molecular weight is 520 g/mol. The van der Waals surface area contributed by atoms with Crippen LogP contribution >= 0.6 is 0 Å². The fraction of sp³-hybridized carbons (Fsp3) is 0.379. The molecule has 2 aliphatic rings. The predicted octanol–water partition coefficient (Wildman–Crippen LogP) is 4.24. The minimum absolute atomic E-state index is 0.0786. The van der Waals surface area contributed by atoms with Crippen molar-refractivity contribution in [1.82, 2.24) is 15.1 Å². The molecule has 0 saturated carbocycles. The van der Waals surface area contributed by atoms with Crippen LogP contribution in [0.2, 0.25) is 0 Å². The Kier molecular flexibility index (Phi) is 8.13. The van der Waals surface area contributed by atoms with E-state index in [1.54, 1.807) is 9.80 Å². The standard InChI is InChI=1S/C29H33N3O6/c1-21-9-11-25(38-21)18-31(16-23-10-12-26-27(14-23)37-20-36-26)28(33)19-32(17-24-8-5-13-35-24)29(34)30-15-22-6-3-2-4-7-22/h2-4,6-7,9-12,14,24H,5,8,13,15-20H2,1H3,(H,30,34). The first-order chi connectivity index (χ1) is 18.5. The minimum atomic E-state index is -0.297. The number of ether oxygens (including phenoxy) is 3. The van der Waals surface area contributed by atoms with Crippen molar-refractivity contribution in [3.63, 3.8) is 0 Å². The summed E-state index contributed by atoms with van der Waals surface area (Å²) >= 11 is 0. The molecule has 9 nitrogen and oxygen atoms in total. The fourth-order valence-corrected chi connectivity index (χ4v) is 4.65. The van der Waals surface area contributed by atoms with Crippen LogP contribution in [0.3, 0.4) is 0 Å². The van der Waals surface area contributed by atoms with Crippen LogP contribution in [0.1, 0.15) is 35.5 Å². The van der Waals surface area contributed by atoms with Crippen LogP contribution in [-0.4, -0.2) is 54.3 Å². The SMILES string of the molecule is Cc1ccc(CN(Cc2ccc3c(c2)OCO3)C(=O)CN(CC2CCCO2)C(=O)NCc2ccccc2)o1. The van der Waals surface area contributed by atoms with Gasteiger partial charge < -0.3 is 33.7 Å². The number of hydrogen-bond donors (Lipinski definition) is 1. The van der Waals surface area contributed by atoms with Crippen molar-refractivity contribution in [1.29, 1.82) is 0 Å². The summed E-state index contributed by atoms with van der Waals surface area (Å²) in [5.74, 6) is 2.60. The molecule has 2 aliphatic heterocycles. The number of nitrogens with one attached hydrogen (secondary N) is 1. The van der Waals surface area contributed by atoms with Crippen LogP contribution in [0.4, 0.5) is 4.79 Å². The van der Waals surface area contributed by atoms with Crippen LogP contribution < -0.4 is 14.8 Å². The van der Waals surface area contributed by atoms with E-state index in [1.807, 2.05) is 67.6 Å². The number of nitrogens with zero attached hydrogens (tertiary/aromatic N) is 2. The molecule has 5 rings (SSSR count). The lowest BCUT2D eigenvalue weighted by molar-refractivity contribution is -0.133. The molecule has 3 aromatic rings. The Morgan fingerprint density at radius 2 is 1.79 bits per heavy atom. The van der Waals surface area contributed by atoms with Crippen molar-refractivity contribution >= 4 is 11.9 Å². The van der Waals surface area contributed by atoms with Crippen molar-refractivity contribution in [2.24, 2.45) is 0 Å². The van der Waals surface area contributed by atoms with Crippen molar-refractivity contribution in [2.75, 3.05) is 26.5 Å². The van der Waals surface area contributed by atoms with Crippen molar-refractivity contribution in [3.8, 4) is 11.5 Å². The number of hydrogen-bond acceptors (Lipinski definition) is 6. The zero-order valence-electron chi connectivity index (χ0n) is 21.6. The highest BCUT2D eigenvalue weighted by Crippen LogP contribution is 2.33. The summed E-state index contributed by atoms with van der Waals surface area (Å²) in [6, 6.07) is 18.8. The number of benzene rings is 2. The summed E-state index contributed by atoms with van der Waals surface area (Å²) in [5, 5.41) is 2.96. The van der Waals surface area contributed by atoms with Crippen LogP contribution in [-0.2, 0) is 29.2 Å². The van der Waals surface area contributed by atoms with Gasteiger partial charge in [-0.1, -0.05) is 36.4 Å². The van der Waals surface area contributed by atoms with Crippen LogP contribution in [0.25, 0.3) is 0 Å². The van der Waals surface area contributed by atoms with E-state index in [2.05, 4.69) is 5.32 Å². The summed E-state index contributed by atoms with van der Waals surface area (Å²) in [7, 11) is 0. The maximum atomic E-state index is 13.7. The molecular weight excluding hydrogens is 486 g/mol. The Morgan fingerprint density at radius 3 is 2.55 bits per heavy atom. The quantitative estimate of drug-likeness (QED) is 0.431. The number of fused-ring (bicyclic) bond motifs is 1. The Bertz CT molecular complexity index is 1240. The van der Waals surface area contributed by atoms with Crippen molar-refractivity contribution < 1.29 is 28.2 Å². The highest BCUT2D eigenvalue weighted by atomic mass is 16.7. The van der Waals surface area contributed by atoms with Crippen LogP contribution in [0.5, 0.6) is 11.5 Å². The summed E-state index contributed by atoms with van der Waals surface area (Å²) < 4.78 is 22.5. The molecule has 2 aromatic carbocycles. The zero-order chi connectivity index (χ0) is 26.3. The number of furan rings is 1. The fourth-order valence-electron chi connectivity index (χ4n) is 4.65. The van der Waals surface area contributed by atoms with Gasteiger partial charge in [-0.15, -0.1) is 0 Å². The molecule has 1 atom stereocenters. The smallest absolute Gasteiger partial charge is 0.318 e. The summed E-state index contributed by atoms with van der Waals surface area (Å²) in [6.45, 7) is 3.98. The van der Waals surface area contributed by atoms with Gasteiger partial charge in [0, 0.05) is 26.2 Å². The lowest BCUT2D eigenvalue weighted by atomic mass is 10.1. The van der Waals surface area contributed by atoms with Gasteiger partial charge in [0.25, 0.3) is 0 Å². The monoisotopic (exact) mass is 519 g/mol. The van der Waals surface area contributed by atoms with Crippen LogP contribution in [0.15, 0.2) is 65.1 Å². The molecule has 0 radical (unpaired) electrons. The third-order valence-corrected chi connectivity index (χ3v) is 6.65. The minimum Gasteiger partial charge on any atom is -0.464 e. The van der Waals surface area contributed by atoms with Gasteiger partial charge in [-0.25, -0.2) is 4.79 Å². The molecular formula is C29H33N3O6. The molecule has 1 aromatic heterocycles. The van der Waals surface area contributed by atoms with E-state index in [0.717, 1.165) is 29.7 Å². The second kappa shape index (κ2) is 12.0. The highest BCUT2D eigenvalue weighted by molar-refractivity contribution is 5.84. The number of amides is 3. The number of urea groups is 1. The summed E-state index contributed by atoms with van der Waals surface area (Å²) in [5.41, 5.74) is 1.88. The van der Waals surface area contributed by atoms with E-state index < -0.39 is 0 Å². The molecule has 1 saturated heterocycles. The molecule has 0 spiro atoms. The third kappa shape index (κ3) is 6.66. The normalized spacial score (nSPS) is 15.9. The van der Waals surface area contributed by atoms with Crippen molar-refractivity contribution in [2.45, 2.75) is 45.5 Å². The lowest BCUT2D eigenvalue weighted by Crippen LogP contribution is -2.48. The third-order valence-electron chi connectivity index (χ3n) is 6.65. The number of carbonyl (C=O) groups excluding carboxylic acids is 2. The van der Waals surface area contributed by atoms with Gasteiger partial charge in [-0.05, 0) is 55.2 Å². The molecule has 0 aliphatic carbocycles. The molecule has 1 fully saturated rings. The maximum absolute atomic E-state index is 13.7. The van der Waals surface area contributed by atoms with E-state index in [9.17, 15) is 9.59 Å². The topological polar surface area (TPSA) is 93.5 Å². The molecule has 38 heavy (non-hydrogen) atoms. The van der Waals surface area contributed by atoms with Gasteiger partial charge in [-0.3, -0.25) is 4.79 Å². The molecule has 3 heterocycles. The average Bonchev–Trinajstić information content (AvgIpc) is 3.69. The first kappa shape index (κ1) is 25.7. The van der Waals surface area contributed by atoms with Gasteiger partial charge in [0.05, 0.1) is 12.6 Å². The van der Waals surface area contributed by atoms with Gasteiger partial charge in [0.2, 0.25) is 12.7 Å². The Balaban J connectivity index is 1.31. The second-order valence-corrected chi connectivity index (χ2v) is 9.61. The van der Waals surface area contributed by atoms with E-state index in [4.69, 9.17) is 18.6 Å². The number of aryl methyl sites for hydroxylation is 1. The summed E-state index contributed by atoms with van der Waals surface area (Å²) in [6.07, 6.45) is 1.73.